The Hall–Kier alpha value is 0. The number of rotatable bonds is 3. The second-order valence-electron chi connectivity index (χ2n) is 11.5. The zero-order valence-electron chi connectivity index (χ0n) is 17.8. The smallest absolute Gasteiger partial charge is 0.0261 e. The third kappa shape index (κ3) is 2.75. The van der Waals surface area contributed by atoms with E-state index in [9.17, 15) is 0 Å². The number of hydrogen-bond acceptors (Lipinski definition) is 0. The molecule has 0 radical (unpaired) electrons. The lowest BCUT2D eigenvalue weighted by atomic mass is 9.43. The molecule has 0 heteroatoms. The van der Waals surface area contributed by atoms with Crippen molar-refractivity contribution in [2.45, 2.75) is 105 Å². The first-order valence-electron chi connectivity index (χ1n) is 11.9. The SMILES string of the molecule is CCC[C@@H](C)C1CCC2[C@]1(C)CCC1[C@H]3CC[C@H](C)C[C@H]3CC[C@]12C. The first kappa shape index (κ1) is 18.4. The second-order valence-corrected chi connectivity index (χ2v) is 11.5. The third-order valence-corrected chi connectivity index (χ3v) is 10.4. The van der Waals surface area contributed by atoms with Crippen LogP contribution in [0.25, 0.3) is 0 Å². The Morgan fingerprint density at radius 1 is 0.920 bits per heavy atom. The van der Waals surface area contributed by atoms with Crippen LogP contribution in [0, 0.1) is 52.3 Å². The normalized spacial score (nSPS) is 53.6. The largest absolute Gasteiger partial charge is 0.0654 e. The van der Waals surface area contributed by atoms with Gasteiger partial charge in [-0.2, -0.15) is 0 Å². The molecule has 25 heavy (non-hydrogen) atoms. The molecule has 0 aromatic rings. The maximum absolute atomic E-state index is 2.76. The summed E-state index contributed by atoms with van der Waals surface area (Å²) < 4.78 is 0. The molecule has 144 valence electrons. The molecule has 4 fully saturated rings. The van der Waals surface area contributed by atoms with Crippen LogP contribution >= 0.6 is 0 Å². The van der Waals surface area contributed by atoms with Crippen LogP contribution in [-0.4, -0.2) is 0 Å². The summed E-state index contributed by atoms with van der Waals surface area (Å²) in [5.74, 6) is 7.24. The molecule has 0 N–H and O–H groups in total. The summed E-state index contributed by atoms with van der Waals surface area (Å²) >= 11 is 0. The van der Waals surface area contributed by atoms with E-state index in [0.29, 0.717) is 10.8 Å². The Kier molecular flexibility index (Phi) is 4.82. The van der Waals surface area contributed by atoms with Gasteiger partial charge in [0.05, 0.1) is 0 Å². The summed E-state index contributed by atoms with van der Waals surface area (Å²) in [6, 6.07) is 0. The van der Waals surface area contributed by atoms with Crippen molar-refractivity contribution < 1.29 is 0 Å². The summed E-state index contributed by atoms with van der Waals surface area (Å²) in [4.78, 5) is 0. The summed E-state index contributed by atoms with van der Waals surface area (Å²) in [5.41, 5.74) is 1.34. The molecular formula is C25H44. The molecule has 4 saturated carbocycles. The number of hydrogen-bond donors (Lipinski definition) is 0. The quantitative estimate of drug-likeness (QED) is 0.491. The van der Waals surface area contributed by atoms with E-state index < -0.39 is 0 Å². The van der Waals surface area contributed by atoms with Crippen LogP contribution in [0.15, 0.2) is 0 Å². The van der Waals surface area contributed by atoms with E-state index in [4.69, 9.17) is 0 Å². The highest BCUT2D eigenvalue weighted by Gasteiger charge is 2.62. The molecule has 0 aromatic carbocycles. The van der Waals surface area contributed by atoms with Gasteiger partial charge in [0.1, 0.15) is 0 Å². The fourth-order valence-electron chi connectivity index (χ4n) is 9.30. The van der Waals surface area contributed by atoms with E-state index in [0.717, 1.165) is 41.4 Å². The van der Waals surface area contributed by atoms with Crippen molar-refractivity contribution >= 4 is 0 Å². The molecule has 0 heterocycles. The molecule has 0 aromatic heterocycles. The van der Waals surface area contributed by atoms with Crippen LogP contribution in [0.2, 0.25) is 0 Å². The van der Waals surface area contributed by atoms with E-state index in [1.807, 2.05) is 0 Å². The molecule has 0 nitrogen and oxygen atoms in total. The van der Waals surface area contributed by atoms with E-state index >= 15 is 0 Å². The van der Waals surface area contributed by atoms with Crippen molar-refractivity contribution in [2.24, 2.45) is 52.3 Å². The van der Waals surface area contributed by atoms with E-state index in [1.165, 1.54) is 25.7 Å². The van der Waals surface area contributed by atoms with Crippen molar-refractivity contribution in [2.75, 3.05) is 0 Å². The predicted molar refractivity (Wildman–Crippen MR) is 108 cm³/mol. The minimum absolute atomic E-state index is 0.661. The van der Waals surface area contributed by atoms with Gasteiger partial charge in [-0.1, -0.05) is 53.9 Å². The van der Waals surface area contributed by atoms with Gasteiger partial charge in [-0.15, -0.1) is 0 Å². The Labute approximate surface area is 157 Å². The predicted octanol–water partition coefficient (Wildman–Crippen LogP) is 7.72. The average molecular weight is 345 g/mol. The molecular weight excluding hydrogens is 300 g/mol. The minimum Gasteiger partial charge on any atom is -0.0654 e. The van der Waals surface area contributed by atoms with Gasteiger partial charge >= 0.3 is 0 Å². The summed E-state index contributed by atoms with van der Waals surface area (Å²) in [7, 11) is 0. The zero-order valence-corrected chi connectivity index (χ0v) is 17.8. The maximum atomic E-state index is 2.76. The second kappa shape index (κ2) is 6.56. The first-order chi connectivity index (χ1) is 11.9. The van der Waals surface area contributed by atoms with Crippen molar-refractivity contribution in [3.63, 3.8) is 0 Å². The number of fused-ring (bicyclic) bond motifs is 5. The molecule has 0 spiro atoms. The first-order valence-corrected chi connectivity index (χ1v) is 11.9. The van der Waals surface area contributed by atoms with Crippen LogP contribution in [0.3, 0.4) is 0 Å². The topological polar surface area (TPSA) is 0 Å². The monoisotopic (exact) mass is 344 g/mol. The fraction of sp³-hybridized carbons (Fsp3) is 1.00. The summed E-state index contributed by atoms with van der Waals surface area (Å²) in [6.45, 7) is 13.0. The zero-order chi connectivity index (χ0) is 17.8. The van der Waals surface area contributed by atoms with Gasteiger partial charge in [0.15, 0.2) is 0 Å². The van der Waals surface area contributed by atoms with E-state index in [2.05, 4.69) is 34.6 Å². The van der Waals surface area contributed by atoms with Gasteiger partial charge in [0.25, 0.3) is 0 Å². The van der Waals surface area contributed by atoms with Gasteiger partial charge in [0, 0.05) is 0 Å². The highest BCUT2D eigenvalue weighted by Crippen LogP contribution is 2.70. The van der Waals surface area contributed by atoms with Crippen LogP contribution < -0.4 is 0 Å². The van der Waals surface area contributed by atoms with Gasteiger partial charge in [-0.25, -0.2) is 0 Å². The van der Waals surface area contributed by atoms with E-state index in [-0.39, 0.29) is 0 Å². The van der Waals surface area contributed by atoms with Gasteiger partial charge in [-0.3, -0.25) is 0 Å². The molecule has 9 atom stereocenters. The molecule has 0 aliphatic heterocycles. The molecule has 4 rings (SSSR count). The molecule has 0 amide bonds. The molecule has 3 unspecified atom stereocenters. The Bertz CT molecular complexity index is 480. The standard InChI is InChI=1S/C25H44/c1-6-7-18(3)21-10-11-23-24(21,4)15-13-22-20-9-8-17(2)16-19(20)12-14-25(22,23)5/h17-23H,6-16H2,1-5H3/t17-,18+,19+,20-,21?,22?,23?,24+,25+/m0/s1. The summed E-state index contributed by atoms with van der Waals surface area (Å²) in [6.07, 6.45) is 16.8. The fourth-order valence-corrected chi connectivity index (χ4v) is 9.30. The van der Waals surface area contributed by atoms with Crippen LogP contribution in [0.4, 0.5) is 0 Å². The molecule has 4 aliphatic rings. The Morgan fingerprint density at radius 2 is 1.68 bits per heavy atom. The Morgan fingerprint density at radius 3 is 2.44 bits per heavy atom. The van der Waals surface area contributed by atoms with Gasteiger partial charge in [0.2, 0.25) is 0 Å². The molecule has 0 bridgehead atoms. The van der Waals surface area contributed by atoms with Crippen LogP contribution in [-0.2, 0) is 0 Å². The van der Waals surface area contributed by atoms with E-state index in [1.54, 1.807) is 44.9 Å². The van der Waals surface area contributed by atoms with Crippen LogP contribution in [0.5, 0.6) is 0 Å². The van der Waals surface area contributed by atoms with Crippen molar-refractivity contribution in [1.82, 2.24) is 0 Å². The maximum Gasteiger partial charge on any atom is -0.0261 e. The van der Waals surface area contributed by atoms with Crippen molar-refractivity contribution in [1.29, 1.82) is 0 Å². The lowest BCUT2D eigenvalue weighted by Crippen LogP contribution is -2.54. The molecule has 0 saturated heterocycles. The lowest BCUT2D eigenvalue weighted by molar-refractivity contribution is -0.132. The highest BCUT2D eigenvalue weighted by molar-refractivity contribution is 5.11. The summed E-state index contributed by atoms with van der Waals surface area (Å²) in [5, 5.41) is 0. The van der Waals surface area contributed by atoms with Crippen molar-refractivity contribution in [3.8, 4) is 0 Å². The lowest BCUT2D eigenvalue weighted by Gasteiger charge is -2.62. The van der Waals surface area contributed by atoms with Crippen LogP contribution in [0.1, 0.15) is 105 Å². The Balaban J connectivity index is 1.58. The molecule has 4 aliphatic carbocycles. The third-order valence-electron chi connectivity index (χ3n) is 10.4. The minimum atomic E-state index is 0.661. The van der Waals surface area contributed by atoms with Gasteiger partial charge < -0.3 is 0 Å². The van der Waals surface area contributed by atoms with Crippen molar-refractivity contribution in [3.05, 3.63) is 0 Å². The average Bonchev–Trinajstić information content (AvgIpc) is 2.93. The highest BCUT2D eigenvalue weighted by atomic mass is 14.7. The van der Waals surface area contributed by atoms with Gasteiger partial charge in [-0.05, 0) is 104 Å².